The van der Waals surface area contributed by atoms with Crippen molar-refractivity contribution in [2.75, 3.05) is 27.9 Å². The van der Waals surface area contributed by atoms with E-state index in [9.17, 15) is 9.59 Å². The predicted octanol–water partition coefficient (Wildman–Crippen LogP) is 2.95. The molecule has 0 bridgehead atoms. The molecular weight excluding hydrogens is 344 g/mol. The molecule has 0 rings (SSSR count). The van der Waals surface area contributed by atoms with Gasteiger partial charge in [-0.25, -0.2) is 9.59 Å². The Bertz CT molecular complexity index is 461. The Morgan fingerprint density at radius 2 is 1.68 bits per heavy atom. The van der Waals surface area contributed by atoms with Gasteiger partial charge in [0.25, 0.3) is 0 Å². The molecule has 0 unspecified atom stereocenters. The van der Waals surface area contributed by atoms with Crippen LogP contribution in [0.2, 0.25) is 6.04 Å². The van der Waals surface area contributed by atoms with Crippen molar-refractivity contribution < 1.29 is 32.7 Å². The Morgan fingerprint density at radius 1 is 1.08 bits per heavy atom. The number of carboxylic acid groups (broad SMARTS) is 1. The molecule has 144 valence electrons. The highest BCUT2D eigenvalue weighted by molar-refractivity contribution is 6.60. The first-order chi connectivity index (χ1) is 11.8. The van der Waals surface area contributed by atoms with Crippen molar-refractivity contribution in [2.45, 2.75) is 45.1 Å². The van der Waals surface area contributed by atoms with Crippen LogP contribution in [-0.2, 0) is 27.6 Å². The molecule has 7 nitrogen and oxygen atoms in total. The second kappa shape index (κ2) is 12.8. The van der Waals surface area contributed by atoms with E-state index in [4.69, 9.17) is 23.1 Å². The summed E-state index contributed by atoms with van der Waals surface area (Å²) in [6, 6.07) is 0.595. The lowest BCUT2D eigenvalue weighted by atomic mass is 10.2. The molecule has 0 saturated heterocycles. The highest BCUT2D eigenvalue weighted by atomic mass is 28.4. The van der Waals surface area contributed by atoms with Gasteiger partial charge >= 0.3 is 20.7 Å². The first kappa shape index (κ1) is 23.5. The molecule has 0 fully saturated rings. The topological polar surface area (TPSA) is 91.3 Å². The highest BCUT2D eigenvalue weighted by Crippen LogP contribution is 2.18. The van der Waals surface area contributed by atoms with Gasteiger partial charge in [-0.2, -0.15) is 0 Å². The van der Waals surface area contributed by atoms with E-state index in [1.165, 1.54) is 0 Å². The van der Waals surface area contributed by atoms with Crippen molar-refractivity contribution in [2.24, 2.45) is 0 Å². The fourth-order valence-electron chi connectivity index (χ4n) is 2.10. The van der Waals surface area contributed by atoms with Gasteiger partial charge in [0, 0.05) is 38.5 Å². The van der Waals surface area contributed by atoms with E-state index in [0.29, 0.717) is 49.5 Å². The Balaban J connectivity index is 3.95. The van der Waals surface area contributed by atoms with E-state index in [1.54, 1.807) is 34.3 Å². The summed E-state index contributed by atoms with van der Waals surface area (Å²) in [6.45, 7) is 5.61. The van der Waals surface area contributed by atoms with Crippen molar-refractivity contribution in [3.05, 3.63) is 23.8 Å². The average Bonchev–Trinajstić information content (AvgIpc) is 2.61. The molecule has 25 heavy (non-hydrogen) atoms. The second-order valence-electron chi connectivity index (χ2n) is 5.58. The van der Waals surface area contributed by atoms with E-state index in [0.717, 1.165) is 6.42 Å². The standard InChI is InChI=1S/C17H30O7Si/c1-14(16(18)19)10-7-6-8-12-24-17(20)15(2)11-9-13-25(21-3,22-4)23-5/h10H,2,6-9,11-13H2,1,3-5H3,(H,18,19). The quantitative estimate of drug-likeness (QED) is 0.216. The predicted molar refractivity (Wildman–Crippen MR) is 96.2 cm³/mol. The lowest BCUT2D eigenvalue weighted by molar-refractivity contribution is -0.139. The molecule has 0 atom stereocenters. The second-order valence-corrected chi connectivity index (χ2v) is 8.67. The third kappa shape index (κ3) is 9.54. The minimum atomic E-state index is -2.62. The van der Waals surface area contributed by atoms with Crippen LogP contribution in [0.4, 0.5) is 0 Å². The summed E-state index contributed by atoms with van der Waals surface area (Å²) in [5.41, 5.74) is 0.737. The summed E-state index contributed by atoms with van der Waals surface area (Å²) in [4.78, 5) is 22.5. The van der Waals surface area contributed by atoms with E-state index >= 15 is 0 Å². The van der Waals surface area contributed by atoms with Crippen LogP contribution in [0.1, 0.15) is 39.0 Å². The van der Waals surface area contributed by atoms with Crippen molar-refractivity contribution >= 4 is 20.7 Å². The molecule has 0 aliphatic rings. The molecule has 8 heteroatoms. The van der Waals surface area contributed by atoms with Gasteiger partial charge < -0.3 is 23.1 Å². The van der Waals surface area contributed by atoms with E-state index in [1.807, 2.05) is 0 Å². The zero-order valence-corrected chi connectivity index (χ0v) is 16.6. The van der Waals surface area contributed by atoms with Crippen molar-refractivity contribution in [1.82, 2.24) is 0 Å². The molecule has 0 spiro atoms. The van der Waals surface area contributed by atoms with Gasteiger partial charge in [-0.3, -0.25) is 0 Å². The van der Waals surface area contributed by atoms with E-state index < -0.39 is 20.7 Å². The highest BCUT2D eigenvalue weighted by Gasteiger charge is 2.37. The van der Waals surface area contributed by atoms with Crippen molar-refractivity contribution in [1.29, 1.82) is 0 Å². The maximum Gasteiger partial charge on any atom is 0.500 e. The summed E-state index contributed by atoms with van der Waals surface area (Å²) in [6.07, 6.45) is 4.90. The van der Waals surface area contributed by atoms with Gasteiger partial charge in [0.2, 0.25) is 0 Å². The molecule has 0 aromatic rings. The summed E-state index contributed by atoms with van der Waals surface area (Å²) >= 11 is 0. The minimum absolute atomic E-state index is 0.296. The zero-order valence-electron chi connectivity index (χ0n) is 15.6. The summed E-state index contributed by atoms with van der Waals surface area (Å²) in [5, 5.41) is 8.72. The van der Waals surface area contributed by atoms with Gasteiger partial charge in [-0.05, 0) is 39.0 Å². The maximum atomic E-state index is 11.8. The Hall–Kier alpha value is -1.48. The fourth-order valence-corrected chi connectivity index (χ4v) is 3.82. The zero-order chi connectivity index (χ0) is 19.3. The Morgan fingerprint density at radius 3 is 2.20 bits per heavy atom. The smallest absolute Gasteiger partial charge is 0.478 e. The van der Waals surface area contributed by atoms with Crippen LogP contribution in [0, 0.1) is 0 Å². The normalized spacial score (nSPS) is 12.1. The van der Waals surface area contributed by atoms with Gasteiger partial charge in [-0.15, -0.1) is 0 Å². The van der Waals surface area contributed by atoms with Crippen LogP contribution >= 0.6 is 0 Å². The number of ether oxygens (including phenoxy) is 1. The molecule has 0 aliphatic heterocycles. The Kier molecular flexibility index (Phi) is 12.1. The molecule has 0 aromatic heterocycles. The number of carbonyl (C=O) groups excluding carboxylic acids is 1. The number of hydrogen-bond donors (Lipinski definition) is 1. The number of hydrogen-bond acceptors (Lipinski definition) is 6. The summed E-state index contributed by atoms with van der Waals surface area (Å²) in [7, 11) is 2.04. The maximum absolute atomic E-state index is 11.8. The van der Waals surface area contributed by atoms with Crippen molar-refractivity contribution in [3.63, 3.8) is 0 Å². The molecule has 0 saturated carbocycles. The lowest BCUT2D eigenvalue weighted by Gasteiger charge is -2.24. The van der Waals surface area contributed by atoms with E-state index in [-0.39, 0.29) is 0 Å². The van der Waals surface area contributed by atoms with Crippen LogP contribution in [0.5, 0.6) is 0 Å². The van der Waals surface area contributed by atoms with Crippen molar-refractivity contribution in [3.8, 4) is 0 Å². The van der Waals surface area contributed by atoms with Crippen LogP contribution in [0.3, 0.4) is 0 Å². The van der Waals surface area contributed by atoms with Gasteiger partial charge in [0.05, 0.1) is 6.61 Å². The van der Waals surface area contributed by atoms with E-state index in [2.05, 4.69) is 6.58 Å². The summed E-state index contributed by atoms with van der Waals surface area (Å²) in [5.74, 6) is -1.32. The summed E-state index contributed by atoms with van der Waals surface area (Å²) < 4.78 is 21.1. The van der Waals surface area contributed by atoms with Crippen LogP contribution in [0.15, 0.2) is 23.8 Å². The molecule has 0 heterocycles. The lowest BCUT2D eigenvalue weighted by Crippen LogP contribution is -2.42. The number of carbonyl (C=O) groups is 2. The molecule has 0 amide bonds. The third-order valence-electron chi connectivity index (χ3n) is 3.80. The van der Waals surface area contributed by atoms with Crippen LogP contribution < -0.4 is 0 Å². The van der Waals surface area contributed by atoms with Gasteiger partial charge in [0.15, 0.2) is 0 Å². The minimum Gasteiger partial charge on any atom is -0.478 e. The molecule has 1 N–H and O–H groups in total. The fraction of sp³-hybridized carbons (Fsp3) is 0.647. The monoisotopic (exact) mass is 374 g/mol. The molecule has 0 aromatic carbocycles. The molecular formula is C17H30O7Si. The number of carboxylic acids is 1. The van der Waals surface area contributed by atoms with Gasteiger partial charge in [0.1, 0.15) is 0 Å². The van der Waals surface area contributed by atoms with Crippen LogP contribution in [0.25, 0.3) is 0 Å². The number of esters is 1. The third-order valence-corrected chi connectivity index (χ3v) is 6.63. The van der Waals surface area contributed by atoms with Crippen LogP contribution in [-0.4, -0.2) is 53.8 Å². The number of unbranched alkanes of at least 4 members (excludes halogenated alkanes) is 2. The molecule has 0 radical (unpaired) electrons. The first-order valence-corrected chi connectivity index (χ1v) is 10.2. The van der Waals surface area contributed by atoms with Gasteiger partial charge in [-0.1, -0.05) is 12.7 Å². The number of rotatable bonds is 14. The Labute approximate surface area is 151 Å². The average molecular weight is 375 g/mol. The molecule has 0 aliphatic carbocycles. The SMILES string of the molecule is C=C(CCC[Si](OC)(OC)OC)C(=O)OCCCCC=C(C)C(=O)O. The first-order valence-electron chi connectivity index (χ1n) is 8.22. The number of allylic oxidation sites excluding steroid dienone is 1. The number of aliphatic carboxylic acids is 1. The largest absolute Gasteiger partial charge is 0.500 e.